The summed E-state index contributed by atoms with van der Waals surface area (Å²) in [5.41, 5.74) is 5.96. The molecule has 1 aliphatic heterocycles. The molecule has 0 unspecified atom stereocenters. The van der Waals surface area contributed by atoms with Crippen LogP contribution < -0.4 is 19.5 Å². The van der Waals surface area contributed by atoms with Gasteiger partial charge in [-0.25, -0.2) is 9.50 Å². The molecule has 0 spiro atoms. The molecular formula is C29H24N4O4. The Morgan fingerprint density at radius 2 is 1.78 bits per heavy atom. The third-order valence-corrected chi connectivity index (χ3v) is 6.33. The minimum atomic E-state index is -0.297. The van der Waals surface area contributed by atoms with Crippen LogP contribution in [0.25, 0.3) is 28.0 Å². The minimum Gasteiger partial charge on any atom is -0.496 e. The maximum Gasteiger partial charge on any atom is 0.270 e. The normalized spacial score (nSPS) is 12.1. The van der Waals surface area contributed by atoms with Gasteiger partial charge in [0.05, 0.1) is 18.5 Å². The van der Waals surface area contributed by atoms with Crippen molar-refractivity contribution >= 4 is 11.6 Å². The van der Waals surface area contributed by atoms with Crippen LogP contribution in [0.2, 0.25) is 0 Å². The maximum atomic E-state index is 13.4. The van der Waals surface area contributed by atoms with E-state index in [1.54, 1.807) is 17.7 Å². The summed E-state index contributed by atoms with van der Waals surface area (Å²) in [5.74, 6) is 1.76. The van der Waals surface area contributed by atoms with Crippen LogP contribution in [0.3, 0.4) is 0 Å². The van der Waals surface area contributed by atoms with Crippen LogP contribution in [0.4, 0.5) is 0 Å². The second-order valence-electron chi connectivity index (χ2n) is 8.66. The molecule has 0 radical (unpaired) electrons. The molecule has 1 amide bonds. The van der Waals surface area contributed by atoms with E-state index in [1.165, 1.54) is 0 Å². The number of methoxy groups -OCH3 is 1. The number of nitrogens with zero attached hydrogens (tertiary/aromatic N) is 3. The van der Waals surface area contributed by atoms with Crippen molar-refractivity contribution in [2.24, 2.45) is 0 Å². The number of rotatable bonds is 6. The Bertz CT molecular complexity index is 1630. The first kappa shape index (κ1) is 22.6. The first-order chi connectivity index (χ1) is 18.1. The second-order valence-corrected chi connectivity index (χ2v) is 8.66. The Balaban J connectivity index is 1.44. The van der Waals surface area contributed by atoms with Crippen LogP contribution in [-0.4, -0.2) is 34.4 Å². The van der Waals surface area contributed by atoms with E-state index in [1.807, 2.05) is 79.7 Å². The molecule has 0 saturated heterocycles. The fourth-order valence-electron chi connectivity index (χ4n) is 4.55. The Kier molecular flexibility index (Phi) is 5.69. The van der Waals surface area contributed by atoms with Crippen molar-refractivity contribution in [2.45, 2.75) is 13.5 Å². The van der Waals surface area contributed by atoms with Gasteiger partial charge in [0.2, 0.25) is 6.79 Å². The zero-order valence-corrected chi connectivity index (χ0v) is 20.4. The number of carbonyl (C=O) groups excluding carboxylic acids is 1. The van der Waals surface area contributed by atoms with E-state index in [9.17, 15) is 4.79 Å². The van der Waals surface area contributed by atoms with Crippen molar-refractivity contribution in [1.82, 2.24) is 19.9 Å². The summed E-state index contributed by atoms with van der Waals surface area (Å²) in [7, 11) is 1.62. The summed E-state index contributed by atoms with van der Waals surface area (Å²) < 4.78 is 18.2. The van der Waals surface area contributed by atoms with Crippen molar-refractivity contribution in [1.29, 1.82) is 0 Å². The van der Waals surface area contributed by atoms with Gasteiger partial charge in [0.25, 0.3) is 5.91 Å². The number of ether oxygens (including phenoxy) is 3. The lowest BCUT2D eigenvalue weighted by Crippen LogP contribution is -2.24. The molecule has 8 heteroatoms. The highest BCUT2D eigenvalue weighted by molar-refractivity contribution is 5.95. The van der Waals surface area contributed by atoms with E-state index in [4.69, 9.17) is 24.3 Å². The number of amides is 1. The predicted molar refractivity (Wildman–Crippen MR) is 139 cm³/mol. The van der Waals surface area contributed by atoms with Crippen molar-refractivity contribution in [3.8, 4) is 39.6 Å². The van der Waals surface area contributed by atoms with E-state index in [2.05, 4.69) is 5.32 Å². The largest absolute Gasteiger partial charge is 0.496 e. The smallest absolute Gasteiger partial charge is 0.270 e. The standard InChI is InChI=1S/C29H24N4O4/c1-18-27(20-8-4-3-5-9-20)28-31-22(15-23(33(28)32-18)21-10-6-7-11-24(21)35-2)29(34)30-16-19-12-13-25-26(14-19)37-17-36-25/h3-15H,16-17H2,1-2H3,(H,30,34). The highest BCUT2D eigenvalue weighted by atomic mass is 16.7. The number of aromatic nitrogens is 3. The van der Waals surface area contributed by atoms with Gasteiger partial charge in [-0.15, -0.1) is 0 Å². The van der Waals surface area contributed by atoms with Crippen LogP contribution >= 0.6 is 0 Å². The van der Waals surface area contributed by atoms with Crippen LogP contribution in [0.1, 0.15) is 21.7 Å². The van der Waals surface area contributed by atoms with E-state index in [0.717, 1.165) is 27.9 Å². The molecule has 2 aromatic heterocycles. The molecule has 1 N–H and O–H groups in total. The van der Waals surface area contributed by atoms with Crippen LogP contribution in [0.15, 0.2) is 78.9 Å². The number of fused-ring (bicyclic) bond motifs is 2. The highest BCUT2D eigenvalue weighted by Gasteiger charge is 2.22. The summed E-state index contributed by atoms with van der Waals surface area (Å²) >= 11 is 0. The van der Waals surface area contributed by atoms with Gasteiger partial charge < -0.3 is 19.5 Å². The monoisotopic (exact) mass is 492 g/mol. The molecular weight excluding hydrogens is 468 g/mol. The summed E-state index contributed by atoms with van der Waals surface area (Å²) in [5, 5.41) is 7.80. The van der Waals surface area contributed by atoms with Gasteiger partial charge in [-0.1, -0.05) is 48.5 Å². The molecule has 0 bridgehead atoms. The number of para-hydroxylation sites is 1. The third kappa shape index (κ3) is 4.12. The topological polar surface area (TPSA) is 87.0 Å². The molecule has 8 nitrogen and oxygen atoms in total. The summed E-state index contributed by atoms with van der Waals surface area (Å²) in [6.07, 6.45) is 0. The fraction of sp³-hybridized carbons (Fsp3) is 0.138. The quantitative estimate of drug-likeness (QED) is 0.357. The molecule has 0 atom stereocenters. The van der Waals surface area contributed by atoms with Crippen molar-refractivity contribution in [3.63, 3.8) is 0 Å². The van der Waals surface area contributed by atoms with Crippen LogP contribution in [0.5, 0.6) is 17.2 Å². The fourth-order valence-corrected chi connectivity index (χ4v) is 4.55. The zero-order chi connectivity index (χ0) is 25.4. The van der Waals surface area contributed by atoms with Crippen molar-refractivity contribution < 1.29 is 19.0 Å². The molecule has 3 aromatic carbocycles. The Morgan fingerprint density at radius 3 is 2.62 bits per heavy atom. The Morgan fingerprint density at radius 1 is 1.00 bits per heavy atom. The van der Waals surface area contributed by atoms with Gasteiger partial charge in [-0.3, -0.25) is 4.79 Å². The average molecular weight is 493 g/mol. The van der Waals surface area contributed by atoms with Crippen molar-refractivity contribution in [3.05, 3.63) is 95.8 Å². The molecule has 0 saturated carbocycles. The first-order valence-corrected chi connectivity index (χ1v) is 11.9. The maximum absolute atomic E-state index is 13.4. The van der Waals surface area contributed by atoms with Gasteiger partial charge in [0.15, 0.2) is 17.1 Å². The number of benzene rings is 3. The third-order valence-electron chi connectivity index (χ3n) is 6.33. The van der Waals surface area contributed by atoms with Gasteiger partial charge in [-0.2, -0.15) is 5.10 Å². The highest BCUT2D eigenvalue weighted by Crippen LogP contribution is 2.35. The van der Waals surface area contributed by atoms with E-state index >= 15 is 0 Å². The van der Waals surface area contributed by atoms with Crippen molar-refractivity contribution in [2.75, 3.05) is 13.9 Å². The second kappa shape index (κ2) is 9.31. The predicted octanol–water partition coefficient (Wildman–Crippen LogP) is 5.04. The molecule has 5 aromatic rings. The van der Waals surface area contributed by atoms with E-state index < -0.39 is 0 Å². The number of hydrogen-bond acceptors (Lipinski definition) is 6. The molecule has 0 aliphatic carbocycles. The van der Waals surface area contributed by atoms with Gasteiger partial charge in [0.1, 0.15) is 11.4 Å². The minimum absolute atomic E-state index is 0.204. The molecule has 37 heavy (non-hydrogen) atoms. The average Bonchev–Trinajstić information content (AvgIpc) is 3.54. The molecule has 1 aliphatic rings. The molecule has 0 fully saturated rings. The molecule has 6 rings (SSSR count). The SMILES string of the molecule is COc1ccccc1-c1cc(C(=O)NCc2ccc3c(c2)OCO3)nc2c(-c3ccccc3)c(C)nn12. The molecule has 3 heterocycles. The molecule has 184 valence electrons. The number of aryl methyl sites for hydroxylation is 1. The van der Waals surface area contributed by atoms with Gasteiger partial charge >= 0.3 is 0 Å². The lowest BCUT2D eigenvalue weighted by atomic mass is 10.1. The van der Waals surface area contributed by atoms with Crippen LogP contribution in [-0.2, 0) is 6.54 Å². The van der Waals surface area contributed by atoms with E-state index in [-0.39, 0.29) is 18.4 Å². The van der Waals surface area contributed by atoms with Crippen LogP contribution in [0, 0.1) is 6.92 Å². The lowest BCUT2D eigenvalue weighted by molar-refractivity contribution is 0.0946. The first-order valence-electron chi connectivity index (χ1n) is 11.9. The number of carbonyl (C=O) groups is 1. The Hall–Kier alpha value is -4.85. The van der Waals surface area contributed by atoms with Gasteiger partial charge in [0, 0.05) is 17.7 Å². The number of nitrogens with one attached hydrogen (secondary N) is 1. The lowest BCUT2D eigenvalue weighted by Gasteiger charge is -2.12. The summed E-state index contributed by atoms with van der Waals surface area (Å²) in [6, 6.07) is 25.0. The van der Waals surface area contributed by atoms with E-state index in [0.29, 0.717) is 35.1 Å². The zero-order valence-electron chi connectivity index (χ0n) is 20.4. The summed E-state index contributed by atoms with van der Waals surface area (Å²) in [4.78, 5) is 18.2. The van der Waals surface area contributed by atoms with Gasteiger partial charge in [-0.05, 0) is 48.4 Å². The summed E-state index contributed by atoms with van der Waals surface area (Å²) in [6.45, 7) is 2.47. The Labute approximate surface area is 213 Å². The number of hydrogen-bond donors (Lipinski definition) is 1.